The van der Waals surface area contributed by atoms with Crippen molar-refractivity contribution in [1.29, 1.82) is 0 Å². The summed E-state index contributed by atoms with van der Waals surface area (Å²) in [7, 11) is 0. The Balaban J connectivity index is -0.000000200. The fraction of sp³-hybridized carbons (Fsp3) is 0.909. The van der Waals surface area contributed by atoms with E-state index in [2.05, 4.69) is 6.92 Å². The van der Waals surface area contributed by atoms with Crippen LogP contribution in [0.1, 0.15) is 86.0 Å². The summed E-state index contributed by atoms with van der Waals surface area (Å²) in [5, 5.41) is 62.8. The van der Waals surface area contributed by atoms with E-state index >= 15 is 0 Å². The molecule has 6 unspecified atom stereocenters. The summed E-state index contributed by atoms with van der Waals surface area (Å²) in [4.78, 5) is 39.0. The van der Waals surface area contributed by atoms with Gasteiger partial charge in [0.15, 0.2) is 6.10 Å². The SMILES string of the molecule is CCCC(C(O)C(=O)O)[N+](=O)[O-].CCCC(N)C(C)O.CCCC(N)C(O)C(=O)O.CCCC[N+](=O)[O-]. The summed E-state index contributed by atoms with van der Waals surface area (Å²) in [6, 6.07) is -2.06. The lowest BCUT2D eigenvalue weighted by Crippen LogP contribution is -2.40. The molecule has 222 valence electrons. The van der Waals surface area contributed by atoms with Crippen molar-refractivity contribution in [1.82, 2.24) is 0 Å². The number of hydrogen-bond donors (Lipinski definition) is 7. The number of aliphatic carboxylic acids is 2. The molecule has 0 aromatic carbocycles. The molecule has 0 rings (SSSR count). The van der Waals surface area contributed by atoms with E-state index in [0.717, 1.165) is 25.7 Å². The van der Waals surface area contributed by atoms with E-state index in [4.69, 9.17) is 37.0 Å². The Morgan fingerprint density at radius 2 is 1.16 bits per heavy atom. The van der Waals surface area contributed by atoms with Gasteiger partial charge in [0.25, 0.3) is 0 Å². The molecule has 0 saturated carbocycles. The summed E-state index contributed by atoms with van der Waals surface area (Å²) >= 11 is 0. The maximum atomic E-state index is 10.2. The second-order valence-electron chi connectivity index (χ2n) is 8.26. The van der Waals surface area contributed by atoms with Crippen LogP contribution in [-0.4, -0.2) is 90.3 Å². The lowest BCUT2D eigenvalue weighted by Gasteiger charge is -2.12. The van der Waals surface area contributed by atoms with E-state index in [1.807, 2.05) is 13.8 Å². The van der Waals surface area contributed by atoms with Crippen molar-refractivity contribution in [3.63, 3.8) is 0 Å². The average Bonchev–Trinajstić information content (AvgIpc) is 2.81. The van der Waals surface area contributed by atoms with Gasteiger partial charge in [-0.25, -0.2) is 9.59 Å². The monoisotopic (exact) mass is 544 g/mol. The molecule has 0 spiro atoms. The van der Waals surface area contributed by atoms with Gasteiger partial charge in [0, 0.05) is 34.8 Å². The molecule has 0 aromatic rings. The number of nitrogens with two attached hydrogens (primary N) is 2. The summed E-state index contributed by atoms with van der Waals surface area (Å²) in [6.07, 6.45) is 1.75. The Hall–Kier alpha value is -2.46. The zero-order valence-electron chi connectivity index (χ0n) is 22.6. The highest BCUT2D eigenvalue weighted by Gasteiger charge is 2.34. The van der Waals surface area contributed by atoms with E-state index in [0.29, 0.717) is 19.3 Å². The molecule has 0 radical (unpaired) electrons. The van der Waals surface area contributed by atoms with Gasteiger partial charge in [-0.1, -0.05) is 40.5 Å². The first kappa shape index (κ1) is 41.7. The minimum absolute atomic E-state index is 0.0278. The van der Waals surface area contributed by atoms with Gasteiger partial charge in [-0.15, -0.1) is 0 Å². The van der Waals surface area contributed by atoms with Crippen LogP contribution >= 0.6 is 0 Å². The van der Waals surface area contributed by atoms with Crippen LogP contribution in [0.4, 0.5) is 0 Å². The zero-order valence-corrected chi connectivity index (χ0v) is 22.6. The number of nitrogens with zero attached hydrogens (tertiary/aromatic N) is 2. The van der Waals surface area contributed by atoms with Crippen LogP contribution in [0.15, 0.2) is 0 Å². The van der Waals surface area contributed by atoms with Crippen LogP contribution in [-0.2, 0) is 9.59 Å². The third-order valence-corrected chi connectivity index (χ3v) is 4.69. The molecule has 0 aromatic heterocycles. The van der Waals surface area contributed by atoms with Crippen LogP contribution in [0, 0.1) is 20.2 Å². The van der Waals surface area contributed by atoms with Gasteiger partial charge < -0.3 is 37.0 Å². The van der Waals surface area contributed by atoms with Gasteiger partial charge in [-0.05, 0) is 32.6 Å². The molecule has 37 heavy (non-hydrogen) atoms. The topological polar surface area (TPSA) is 274 Å². The minimum atomic E-state index is -1.90. The van der Waals surface area contributed by atoms with Crippen molar-refractivity contribution in [3.05, 3.63) is 20.2 Å². The molecule has 0 bridgehead atoms. The molecule has 0 aliphatic carbocycles. The molecule has 15 heteroatoms. The molecule has 0 aliphatic heterocycles. The van der Waals surface area contributed by atoms with E-state index in [1.165, 1.54) is 0 Å². The summed E-state index contributed by atoms with van der Waals surface area (Å²) in [5.74, 6) is -2.80. The summed E-state index contributed by atoms with van der Waals surface area (Å²) in [5.41, 5.74) is 10.8. The maximum absolute atomic E-state index is 10.2. The minimum Gasteiger partial charge on any atom is -0.479 e. The lowest BCUT2D eigenvalue weighted by molar-refractivity contribution is -0.532. The highest BCUT2D eigenvalue weighted by atomic mass is 16.6. The van der Waals surface area contributed by atoms with Crippen LogP contribution in [0.2, 0.25) is 0 Å². The Kier molecular flexibility index (Phi) is 29.9. The molecule has 15 nitrogen and oxygen atoms in total. The maximum Gasteiger partial charge on any atom is 0.339 e. The Morgan fingerprint density at radius 3 is 1.38 bits per heavy atom. The van der Waals surface area contributed by atoms with Gasteiger partial charge in [-0.2, -0.15) is 0 Å². The van der Waals surface area contributed by atoms with Crippen molar-refractivity contribution in [2.45, 2.75) is 122 Å². The molecule has 0 aliphatic rings. The number of carbonyl (C=O) groups is 2. The van der Waals surface area contributed by atoms with Crippen LogP contribution in [0.5, 0.6) is 0 Å². The van der Waals surface area contributed by atoms with Gasteiger partial charge in [0.05, 0.1) is 6.10 Å². The Labute approximate surface area is 218 Å². The third kappa shape index (κ3) is 28.0. The number of carboxylic acid groups (broad SMARTS) is 2. The number of rotatable bonds is 15. The summed E-state index contributed by atoms with van der Waals surface area (Å²) < 4.78 is 0. The fourth-order valence-electron chi connectivity index (χ4n) is 2.38. The normalized spacial score (nSPS) is 14.9. The summed E-state index contributed by atoms with van der Waals surface area (Å²) in [6.45, 7) is 9.40. The van der Waals surface area contributed by atoms with E-state index in [1.54, 1.807) is 13.8 Å². The number of aliphatic hydroxyl groups is 3. The average molecular weight is 545 g/mol. The first-order valence-corrected chi connectivity index (χ1v) is 12.3. The first-order chi connectivity index (χ1) is 17.0. The fourth-order valence-corrected chi connectivity index (χ4v) is 2.38. The van der Waals surface area contributed by atoms with E-state index in [9.17, 15) is 29.8 Å². The first-order valence-electron chi connectivity index (χ1n) is 12.3. The molecule has 9 N–H and O–H groups in total. The van der Waals surface area contributed by atoms with Gasteiger partial charge in [0.1, 0.15) is 0 Å². The van der Waals surface area contributed by atoms with E-state index < -0.39 is 41.2 Å². The number of nitro groups is 2. The number of unbranched alkanes of at least 4 members (excludes halogenated alkanes) is 1. The van der Waals surface area contributed by atoms with Crippen molar-refractivity contribution >= 4 is 11.9 Å². The van der Waals surface area contributed by atoms with Gasteiger partial charge >= 0.3 is 11.9 Å². The molecule has 0 amide bonds. The quantitative estimate of drug-likeness (QED) is 0.112. The largest absolute Gasteiger partial charge is 0.479 e. The van der Waals surface area contributed by atoms with Crippen LogP contribution in [0.25, 0.3) is 0 Å². The lowest BCUT2D eigenvalue weighted by atomic mass is 10.1. The molecule has 6 atom stereocenters. The van der Waals surface area contributed by atoms with Gasteiger partial charge in [0.2, 0.25) is 18.7 Å². The second-order valence-corrected chi connectivity index (χ2v) is 8.26. The number of aliphatic hydroxyl groups excluding tert-OH is 3. The molecular weight excluding hydrogens is 496 g/mol. The van der Waals surface area contributed by atoms with Crippen LogP contribution < -0.4 is 11.5 Å². The third-order valence-electron chi connectivity index (χ3n) is 4.69. The van der Waals surface area contributed by atoms with E-state index in [-0.39, 0.29) is 30.0 Å². The van der Waals surface area contributed by atoms with Crippen molar-refractivity contribution in [2.75, 3.05) is 6.54 Å². The predicted molar refractivity (Wildman–Crippen MR) is 137 cm³/mol. The number of carboxylic acids is 2. The highest BCUT2D eigenvalue weighted by Crippen LogP contribution is 2.06. The van der Waals surface area contributed by atoms with Gasteiger partial charge in [-0.3, -0.25) is 20.2 Å². The Bertz CT molecular complexity index is 609. The molecule has 0 fully saturated rings. The zero-order chi connectivity index (χ0) is 30.1. The molecule has 0 heterocycles. The van der Waals surface area contributed by atoms with Crippen molar-refractivity contribution in [3.8, 4) is 0 Å². The Morgan fingerprint density at radius 1 is 0.757 bits per heavy atom. The van der Waals surface area contributed by atoms with Crippen LogP contribution in [0.3, 0.4) is 0 Å². The predicted octanol–water partition coefficient (Wildman–Crippen LogP) is 0.994. The smallest absolute Gasteiger partial charge is 0.339 e. The van der Waals surface area contributed by atoms with Crippen molar-refractivity contribution in [2.24, 2.45) is 11.5 Å². The molecular formula is C22H48N4O11. The number of hydrogen-bond acceptors (Lipinski definition) is 11. The second kappa shape index (κ2) is 26.6. The van der Waals surface area contributed by atoms with Crippen molar-refractivity contribution < 1.29 is 45.0 Å². The molecule has 0 saturated heterocycles. The highest BCUT2D eigenvalue weighted by molar-refractivity contribution is 5.73. The standard InChI is InChI=1S/C6H11NO5.C6H13NO3.C6H15NO.C4H9NO2/c1-2-3-4(7(11)12)5(8)6(9)10;1-2-3-4(7)5(8)6(9)10;1-3-4-6(7)5(2)8;1-2-3-4-5(6)7/h4-5,8H,2-3H2,1H3,(H,9,10);4-5,8H,2-3,7H2,1H3,(H,9,10);5-6,8H,3-4,7H2,1-2H3;2-4H2,1H3.